The van der Waals surface area contributed by atoms with Crippen molar-refractivity contribution in [3.05, 3.63) is 39.9 Å². The molecule has 1 fully saturated rings. The van der Waals surface area contributed by atoms with Gasteiger partial charge in [0, 0.05) is 36.1 Å². The molecule has 0 bridgehead atoms. The van der Waals surface area contributed by atoms with Crippen molar-refractivity contribution < 1.29 is 9.72 Å². The van der Waals surface area contributed by atoms with E-state index in [4.69, 9.17) is 0 Å². The molecule has 0 aromatic heterocycles. The van der Waals surface area contributed by atoms with Crippen LogP contribution in [0.2, 0.25) is 0 Å². The topological polar surface area (TPSA) is 63.4 Å². The van der Waals surface area contributed by atoms with Crippen LogP contribution in [0.1, 0.15) is 23.2 Å². The number of non-ortho nitro benzene ring substituents is 1. The molecule has 1 aliphatic heterocycles. The summed E-state index contributed by atoms with van der Waals surface area (Å²) in [6.07, 6.45) is 2.14. The third-order valence-electron chi connectivity index (χ3n) is 3.35. The summed E-state index contributed by atoms with van der Waals surface area (Å²) in [6, 6.07) is 5.80. The summed E-state index contributed by atoms with van der Waals surface area (Å²) in [6.45, 7) is 1.51. The predicted octanol–water partition coefficient (Wildman–Crippen LogP) is 2.84. The molecule has 1 saturated heterocycles. The first-order valence-corrected chi connectivity index (χ1v) is 7.33. The molecule has 0 N–H and O–H groups in total. The number of nitrogens with zero attached hydrogens (tertiary/aromatic N) is 2. The molecule has 1 heterocycles. The van der Waals surface area contributed by atoms with E-state index < -0.39 is 4.92 Å². The van der Waals surface area contributed by atoms with Crippen molar-refractivity contribution in [1.29, 1.82) is 0 Å². The van der Waals surface area contributed by atoms with Gasteiger partial charge in [-0.15, -0.1) is 0 Å². The first-order valence-electron chi connectivity index (χ1n) is 6.21. The summed E-state index contributed by atoms with van der Waals surface area (Å²) >= 11 is 3.46. The number of hydrogen-bond acceptors (Lipinski definition) is 3. The van der Waals surface area contributed by atoms with Gasteiger partial charge in [-0.3, -0.25) is 14.9 Å². The maximum absolute atomic E-state index is 12.3. The Hall–Kier alpha value is -1.43. The standard InChI is InChI=1S/C13H15BrN2O3/c14-8-10-2-1-7-15(9-10)13(17)11-3-5-12(6-4-11)16(18)19/h3-6,10H,1-2,7-9H2. The SMILES string of the molecule is O=C(c1ccc([N+](=O)[O-])cc1)N1CCCC(CBr)C1. The molecule has 1 aromatic rings. The highest BCUT2D eigenvalue weighted by Crippen LogP contribution is 2.21. The minimum Gasteiger partial charge on any atom is -0.338 e. The molecular formula is C13H15BrN2O3. The summed E-state index contributed by atoms with van der Waals surface area (Å²) in [5.74, 6) is 0.455. The highest BCUT2D eigenvalue weighted by Gasteiger charge is 2.24. The molecule has 1 unspecified atom stereocenters. The van der Waals surface area contributed by atoms with Crippen LogP contribution in [0, 0.1) is 16.0 Å². The van der Waals surface area contributed by atoms with E-state index in [1.165, 1.54) is 24.3 Å². The fraction of sp³-hybridized carbons (Fsp3) is 0.462. The number of rotatable bonds is 3. The Bertz CT molecular complexity index is 475. The van der Waals surface area contributed by atoms with Gasteiger partial charge in [-0.2, -0.15) is 0 Å². The van der Waals surface area contributed by atoms with Crippen LogP contribution < -0.4 is 0 Å². The number of nitro groups is 1. The number of nitro benzene ring substituents is 1. The summed E-state index contributed by atoms with van der Waals surface area (Å²) in [5, 5.41) is 11.5. The molecule has 0 aliphatic carbocycles. The van der Waals surface area contributed by atoms with Crippen LogP contribution in [0.15, 0.2) is 24.3 Å². The molecular weight excluding hydrogens is 312 g/mol. The molecule has 1 aromatic carbocycles. The van der Waals surface area contributed by atoms with Crippen LogP contribution in [-0.2, 0) is 0 Å². The van der Waals surface area contributed by atoms with Gasteiger partial charge in [0.1, 0.15) is 0 Å². The Morgan fingerprint density at radius 2 is 2.11 bits per heavy atom. The van der Waals surface area contributed by atoms with Gasteiger partial charge >= 0.3 is 0 Å². The molecule has 5 nitrogen and oxygen atoms in total. The van der Waals surface area contributed by atoms with E-state index in [1.807, 2.05) is 4.90 Å². The number of hydrogen-bond donors (Lipinski definition) is 0. The minimum absolute atomic E-state index is 0.00790. The largest absolute Gasteiger partial charge is 0.338 e. The fourth-order valence-electron chi connectivity index (χ4n) is 2.28. The molecule has 19 heavy (non-hydrogen) atoms. The average molecular weight is 327 g/mol. The second-order valence-corrected chi connectivity index (χ2v) is 5.37. The van der Waals surface area contributed by atoms with Crippen LogP contribution in [0.3, 0.4) is 0 Å². The van der Waals surface area contributed by atoms with E-state index in [2.05, 4.69) is 15.9 Å². The Morgan fingerprint density at radius 3 is 2.68 bits per heavy atom. The lowest BCUT2D eigenvalue weighted by molar-refractivity contribution is -0.384. The van der Waals surface area contributed by atoms with E-state index in [0.717, 1.165) is 31.3 Å². The number of halogens is 1. The van der Waals surface area contributed by atoms with Crippen LogP contribution in [0.5, 0.6) is 0 Å². The molecule has 0 radical (unpaired) electrons. The first-order chi connectivity index (χ1) is 9.11. The number of carbonyl (C=O) groups is 1. The van der Waals surface area contributed by atoms with Gasteiger partial charge in [-0.05, 0) is 30.9 Å². The van der Waals surface area contributed by atoms with E-state index in [9.17, 15) is 14.9 Å². The lowest BCUT2D eigenvalue weighted by Gasteiger charge is -2.32. The Kier molecular flexibility index (Phi) is 4.52. The monoisotopic (exact) mass is 326 g/mol. The van der Waals surface area contributed by atoms with Crippen molar-refractivity contribution >= 4 is 27.5 Å². The average Bonchev–Trinajstić information content (AvgIpc) is 2.46. The summed E-state index contributed by atoms with van der Waals surface area (Å²) in [5.41, 5.74) is 0.523. The van der Waals surface area contributed by atoms with E-state index in [0.29, 0.717) is 11.5 Å². The van der Waals surface area contributed by atoms with Crippen LogP contribution in [0.4, 0.5) is 5.69 Å². The van der Waals surface area contributed by atoms with Crippen molar-refractivity contribution in [2.45, 2.75) is 12.8 Å². The van der Waals surface area contributed by atoms with Crippen LogP contribution in [-0.4, -0.2) is 34.2 Å². The van der Waals surface area contributed by atoms with E-state index in [-0.39, 0.29) is 11.6 Å². The van der Waals surface area contributed by atoms with Crippen molar-refractivity contribution in [2.75, 3.05) is 18.4 Å². The summed E-state index contributed by atoms with van der Waals surface area (Å²) in [4.78, 5) is 24.2. The number of alkyl halides is 1. The predicted molar refractivity (Wildman–Crippen MR) is 75.5 cm³/mol. The third-order valence-corrected chi connectivity index (χ3v) is 4.27. The highest BCUT2D eigenvalue weighted by molar-refractivity contribution is 9.09. The third kappa shape index (κ3) is 3.32. The van der Waals surface area contributed by atoms with E-state index >= 15 is 0 Å². The number of amides is 1. The van der Waals surface area contributed by atoms with Gasteiger partial charge in [0.25, 0.3) is 11.6 Å². The molecule has 2 rings (SSSR count). The maximum atomic E-state index is 12.3. The normalized spacial score (nSPS) is 19.2. The lowest BCUT2D eigenvalue weighted by atomic mass is 9.99. The Morgan fingerprint density at radius 1 is 1.42 bits per heavy atom. The van der Waals surface area contributed by atoms with E-state index in [1.54, 1.807) is 0 Å². The number of benzene rings is 1. The molecule has 1 amide bonds. The second kappa shape index (κ2) is 6.14. The lowest BCUT2D eigenvalue weighted by Crippen LogP contribution is -2.40. The Balaban J connectivity index is 2.08. The van der Waals surface area contributed by atoms with Crippen LogP contribution in [0.25, 0.3) is 0 Å². The molecule has 0 saturated carbocycles. The second-order valence-electron chi connectivity index (χ2n) is 4.72. The van der Waals surface area contributed by atoms with Gasteiger partial charge < -0.3 is 4.90 Å². The molecule has 1 atom stereocenters. The molecule has 1 aliphatic rings. The molecule has 6 heteroatoms. The maximum Gasteiger partial charge on any atom is 0.269 e. The van der Waals surface area contributed by atoms with Crippen LogP contribution >= 0.6 is 15.9 Å². The Labute approximate surface area is 119 Å². The highest BCUT2D eigenvalue weighted by atomic mass is 79.9. The van der Waals surface area contributed by atoms with Crippen molar-refractivity contribution in [1.82, 2.24) is 4.90 Å². The number of likely N-dealkylation sites (tertiary alicyclic amines) is 1. The van der Waals surface area contributed by atoms with Gasteiger partial charge in [-0.1, -0.05) is 15.9 Å². The number of piperidine rings is 1. The number of carbonyl (C=O) groups excluding carboxylic acids is 1. The van der Waals surface area contributed by atoms with Gasteiger partial charge in [0.2, 0.25) is 0 Å². The zero-order chi connectivity index (χ0) is 13.8. The van der Waals surface area contributed by atoms with Gasteiger partial charge in [0.15, 0.2) is 0 Å². The fourth-order valence-corrected chi connectivity index (χ4v) is 2.81. The zero-order valence-electron chi connectivity index (χ0n) is 10.4. The van der Waals surface area contributed by atoms with Gasteiger partial charge in [0.05, 0.1) is 4.92 Å². The first kappa shape index (κ1) is 14.0. The quantitative estimate of drug-likeness (QED) is 0.487. The smallest absolute Gasteiger partial charge is 0.269 e. The summed E-state index contributed by atoms with van der Waals surface area (Å²) in [7, 11) is 0. The zero-order valence-corrected chi connectivity index (χ0v) is 12.0. The van der Waals surface area contributed by atoms with Gasteiger partial charge in [-0.25, -0.2) is 0 Å². The van der Waals surface area contributed by atoms with Crippen molar-refractivity contribution in [3.8, 4) is 0 Å². The van der Waals surface area contributed by atoms with Crippen molar-refractivity contribution in [3.63, 3.8) is 0 Å². The summed E-state index contributed by atoms with van der Waals surface area (Å²) < 4.78 is 0. The molecule has 102 valence electrons. The van der Waals surface area contributed by atoms with Crippen molar-refractivity contribution in [2.24, 2.45) is 5.92 Å². The molecule has 0 spiro atoms. The minimum atomic E-state index is -0.462.